The Morgan fingerprint density at radius 2 is 2.00 bits per heavy atom. The molecule has 1 unspecified atom stereocenters. The number of benzene rings is 1. The van der Waals surface area contributed by atoms with Crippen LogP contribution in [0.15, 0.2) is 21.0 Å². The van der Waals surface area contributed by atoms with Gasteiger partial charge in [0.15, 0.2) is 11.4 Å². The number of aliphatic hydroxyl groups excluding tert-OH is 1. The van der Waals surface area contributed by atoms with Crippen molar-refractivity contribution in [2.24, 2.45) is 5.41 Å². The summed E-state index contributed by atoms with van der Waals surface area (Å²) in [4.78, 5) is 0. The topological polar surface area (TPSA) is 33.4 Å². The summed E-state index contributed by atoms with van der Waals surface area (Å²) >= 11 is 9.03. The van der Waals surface area contributed by atoms with Gasteiger partial charge < -0.3 is 9.52 Å². The molecule has 0 spiro atoms. The van der Waals surface area contributed by atoms with E-state index in [2.05, 4.69) is 15.9 Å². The Kier molecular flexibility index (Phi) is 3.47. The third kappa shape index (κ3) is 2.29. The smallest absolute Gasteiger partial charge is 0.152 e. The molecular formula is C13H13BrClFO2. The van der Waals surface area contributed by atoms with Crippen LogP contribution in [-0.4, -0.2) is 5.11 Å². The van der Waals surface area contributed by atoms with E-state index in [4.69, 9.17) is 16.0 Å². The predicted octanol–water partition coefficient (Wildman–Crippen LogP) is 5.07. The van der Waals surface area contributed by atoms with Crippen molar-refractivity contribution in [2.45, 2.75) is 26.9 Å². The largest absolute Gasteiger partial charge is 0.457 e. The van der Waals surface area contributed by atoms with Gasteiger partial charge in [-0.2, -0.15) is 0 Å². The monoisotopic (exact) mass is 334 g/mol. The summed E-state index contributed by atoms with van der Waals surface area (Å²) in [5.41, 5.74) is -0.0316. The van der Waals surface area contributed by atoms with E-state index in [1.54, 1.807) is 0 Å². The number of hydrogen-bond acceptors (Lipinski definition) is 2. The fourth-order valence-electron chi connectivity index (χ4n) is 1.68. The Hall–Kier alpha value is -0.580. The predicted molar refractivity (Wildman–Crippen MR) is 73.3 cm³/mol. The van der Waals surface area contributed by atoms with Crippen LogP contribution in [0.25, 0.3) is 11.0 Å². The van der Waals surface area contributed by atoms with Crippen LogP contribution < -0.4 is 0 Å². The summed E-state index contributed by atoms with van der Waals surface area (Å²) < 4.78 is 20.0. The van der Waals surface area contributed by atoms with Gasteiger partial charge in [0.05, 0.1) is 14.9 Å². The highest BCUT2D eigenvalue weighted by atomic mass is 79.9. The van der Waals surface area contributed by atoms with E-state index >= 15 is 0 Å². The minimum Gasteiger partial charge on any atom is -0.457 e. The summed E-state index contributed by atoms with van der Waals surface area (Å²) in [6, 6.07) is 2.94. The molecule has 1 aromatic heterocycles. The van der Waals surface area contributed by atoms with Crippen LogP contribution >= 0.6 is 27.5 Å². The molecule has 18 heavy (non-hydrogen) atoms. The van der Waals surface area contributed by atoms with E-state index in [1.165, 1.54) is 12.1 Å². The van der Waals surface area contributed by atoms with Crippen molar-refractivity contribution in [3.8, 4) is 0 Å². The van der Waals surface area contributed by atoms with Crippen LogP contribution in [0.3, 0.4) is 0 Å². The Balaban J connectivity index is 2.64. The second kappa shape index (κ2) is 4.51. The molecule has 98 valence electrons. The molecule has 0 saturated heterocycles. The molecule has 1 N–H and O–H groups in total. The van der Waals surface area contributed by atoms with Crippen LogP contribution in [-0.2, 0) is 0 Å². The van der Waals surface area contributed by atoms with Gasteiger partial charge in [0.1, 0.15) is 11.9 Å². The van der Waals surface area contributed by atoms with Gasteiger partial charge >= 0.3 is 0 Å². The van der Waals surface area contributed by atoms with Crippen molar-refractivity contribution in [3.05, 3.63) is 33.2 Å². The molecule has 2 rings (SSSR count). The van der Waals surface area contributed by atoms with Crippen molar-refractivity contribution in [1.29, 1.82) is 0 Å². The maximum absolute atomic E-state index is 13.9. The van der Waals surface area contributed by atoms with Crippen molar-refractivity contribution in [3.63, 3.8) is 0 Å². The molecule has 1 atom stereocenters. The Labute approximate surface area is 118 Å². The van der Waals surface area contributed by atoms with Crippen LogP contribution in [0.1, 0.15) is 32.6 Å². The van der Waals surface area contributed by atoms with E-state index in [-0.39, 0.29) is 15.8 Å². The molecule has 0 radical (unpaired) electrons. The molecular weight excluding hydrogens is 322 g/mol. The first kappa shape index (κ1) is 13.8. The molecule has 0 aliphatic rings. The summed E-state index contributed by atoms with van der Waals surface area (Å²) in [6.45, 7) is 5.63. The van der Waals surface area contributed by atoms with E-state index in [1.807, 2.05) is 20.8 Å². The normalized spacial score (nSPS) is 14.2. The third-order valence-corrected chi connectivity index (χ3v) is 3.62. The highest BCUT2D eigenvalue weighted by Gasteiger charge is 2.28. The lowest BCUT2D eigenvalue weighted by atomic mass is 9.88. The van der Waals surface area contributed by atoms with E-state index in [0.29, 0.717) is 15.8 Å². The van der Waals surface area contributed by atoms with E-state index < -0.39 is 11.9 Å². The van der Waals surface area contributed by atoms with Crippen molar-refractivity contribution >= 4 is 38.5 Å². The number of rotatable bonds is 1. The van der Waals surface area contributed by atoms with E-state index in [9.17, 15) is 9.50 Å². The molecule has 0 bridgehead atoms. The number of furan rings is 1. The number of halogens is 3. The fourth-order valence-corrected chi connectivity index (χ4v) is 2.55. The van der Waals surface area contributed by atoms with Gasteiger partial charge in [-0.05, 0) is 33.5 Å². The molecule has 0 fully saturated rings. The average molecular weight is 336 g/mol. The lowest BCUT2D eigenvalue weighted by molar-refractivity contribution is 0.0448. The first-order valence-electron chi connectivity index (χ1n) is 5.47. The molecule has 2 aromatic rings. The van der Waals surface area contributed by atoms with Gasteiger partial charge in [0.25, 0.3) is 0 Å². The molecule has 0 amide bonds. The molecule has 0 saturated carbocycles. The number of fused-ring (bicyclic) bond motifs is 1. The summed E-state index contributed by atoms with van der Waals surface area (Å²) in [5.74, 6) is -0.203. The van der Waals surface area contributed by atoms with Gasteiger partial charge in [-0.1, -0.05) is 32.4 Å². The van der Waals surface area contributed by atoms with Crippen LogP contribution in [0, 0.1) is 11.2 Å². The SMILES string of the molecule is CC(C)(C)C(O)c1cc2c(F)c(Cl)cc(Br)c2o1. The third-order valence-electron chi connectivity index (χ3n) is 2.76. The van der Waals surface area contributed by atoms with Gasteiger partial charge in [-0.3, -0.25) is 0 Å². The summed E-state index contributed by atoms with van der Waals surface area (Å²) in [7, 11) is 0. The zero-order valence-electron chi connectivity index (χ0n) is 10.2. The maximum atomic E-state index is 13.9. The van der Waals surface area contributed by atoms with Crippen LogP contribution in [0.2, 0.25) is 5.02 Å². The minimum absolute atomic E-state index is 0.0203. The molecule has 1 aromatic carbocycles. The van der Waals surface area contributed by atoms with Gasteiger partial charge in [-0.25, -0.2) is 4.39 Å². The Morgan fingerprint density at radius 1 is 1.39 bits per heavy atom. The average Bonchev–Trinajstić information content (AvgIpc) is 2.69. The zero-order valence-corrected chi connectivity index (χ0v) is 12.6. The van der Waals surface area contributed by atoms with Crippen molar-refractivity contribution in [2.75, 3.05) is 0 Å². The van der Waals surface area contributed by atoms with Gasteiger partial charge in [0, 0.05) is 0 Å². The zero-order chi connectivity index (χ0) is 13.7. The first-order chi connectivity index (χ1) is 8.21. The van der Waals surface area contributed by atoms with Gasteiger partial charge in [0.2, 0.25) is 0 Å². The lowest BCUT2D eigenvalue weighted by Gasteiger charge is -2.23. The standard InChI is InChI=1S/C13H13BrClFO2/c1-13(2,3)12(17)9-4-6-10(16)8(15)5-7(14)11(6)18-9/h4-5,12,17H,1-3H3. The number of hydrogen-bond donors (Lipinski definition) is 1. The van der Waals surface area contributed by atoms with Crippen molar-refractivity contribution in [1.82, 2.24) is 0 Å². The quantitative estimate of drug-likeness (QED) is 0.738. The molecule has 0 aliphatic carbocycles. The minimum atomic E-state index is -0.810. The summed E-state index contributed by atoms with van der Waals surface area (Å²) in [6.07, 6.45) is -0.810. The second-order valence-electron chi connectivity index (χ2n) is 5.31. The lowest BCUT2D eigenvalue weighted by Crippen LogP contribution is -2.17. The first-order valence-corrected chi connectivity index (χ1v) is 6.64. The Bertz CT molecular complexity index is 601. The molecule has 2 nitrogen and oxygen atoms in total. The fraction of sp³-hybridized carbons (Fsp3) is 0.385. The summed E-state index contributed by atoms with van der Waals surface area (Å²) in [5, 5.41) is 10.4. The highest BCUT2D eigenvalue weighted by Crippen LogP contribution is 2.39. The second-order valence-corrected chi connectivity index (χ2v) is 6.58. The van der Waals surface area contributed by atoms with Crippen LogP contribution in [0.4, 0.5) is 4.39 Å². The van der Waals surface area contributed by atoms with E-state index in [0.717, 1.165) is 0 Å². The van der Waals surface area contributed by atoms with Crippen LogP contribution in [0.5, 0.6) is 0 Å². The molecule has 0 aliphatic heterocycles. The maximum Gasteiger partial charge on any atom is 0.152 e. The molecule has 5 heteroatoms. The van der Waals surface area contributed by atoms with Crippen molar-refractivity contribution < 1.29 is 13.9 Å². The highest BCUT2D eigenvalue weighted by molar-refractivity contribution is 9.10. The number of aliphatic hydroxyl groups is 1. The Morgan fingerprint density at radius 3 is 2.56 bits per heavy atom. The van der Waals surface area contributed by atoms with Gasteiger partial charge in [-0.15, -0.1) is 0 Å². The molecule has 1 heterocycles.